The molecule has 0 atom stereocenters. The fourth-order valence-electron chi connectivity index (χ4n) is 1.61. The minimum Gasteiger partial charge on any atom is -0.270 e. The Balaban J connectivity index is 2.11. The van der Waals surface area contributed by atoms with E-state index in [1.165, 1.54) is 0 Å². The van der Waals surface area contributed by atoms with Crippen LogP contribution in [0.1, 0.15) is 5.56 Å². The molecule has 0 spiro atoms. The molecule has 0 amide bonds. The van der Waals surface area contributed by atoms with Crippen LogP contribution < -0.4 is 10.7 Å². The van der Waals surface area contributed by atoms with Crippen molar-refractivity contribution < 1.29 is 9.61 Å². The van der Waals surface area contributed by atoms with E-state index in [-0.39, 0.29) is 0 Å². The molecule has 0 aliphatic carbocycles. The van der Waals surface area contributed by atoms with Crippen molar-refractivity contribution in [1.29, 1.82) is 0 Å². The minimum absolute atomic E-state index is 0.407. The van der Waals surface area contributed by atoms with Gasteiger partial charge in [0.15, 0.2) is 0 Å². The van der Waals surface area contributed by atoms with Crippen LogP contribution in [0.2, 0.25) is 5.15 Å². The van der Waals surface area contributed by atoms with E-state index in [9.17, 15) is 10.1 Å². The van der Waals surface area contributed by atoms with E-state index in [1.807, 2.05) is 10.6 Å². The molecule has 0 saturated heterocycles. The van der Waals surface area contributed by atoms with E-state index < -0.39 is 5.03 Å². The molecule has 0 fully saturated rings. The van der Waals surface area contributed by atoms with Gasteiger partial charge in [-0.05, 0) is 6.07 Å². The number of hydrogen-bond donors (Lipinski definition) is 2. The second-order valence-electron chi connectivity index (χ2n) is 3.56. The summed E-state index contributed by atoms with van der Waals surface area (Å²) in [5.41, 5.74) is 3.08. The zero-order valence-corrected chi connectivity index (χ0v) is 9.65. The van der Waals surface area contributed by atoms with Gasteiger partial charge >= 0.3 is 5.96 Å². The first-order valence-corrected chi connectivity index (χ1v) is 5.40. The number of hydrogen-bond acceptors (Lipinski definition) is 4. The Morgan fingerprint density at radius 2 is 2.47 bits per heavy atom. The van der Waals surface area contributed by atoms with Crippen LogP contribution in [0, 0.1) is 10.1 Å². The molecule has 0 saturated carbocycles. The van der Waals surface area contributed by atoms with Gasteiger partial charge in [0.1, 0.15) is 5.15 Å². The van der Waals surface area contributed by atoms with Crippen LogP contribution in [0.4, 0.5) is 0 Å². The van der Waals surface area contributed by atoms with E-state index in [4.69, 9.17) is 11.6 Å². The molecule has 1 aromatic heterocycles. The van der Waals surface area contributed by atoms with E-state index >= 15 is 0 Å². The Morgan fingerprint density at radius 3 is 3.12 bits per heavy atom. The van der Waals surface area contributed by atoms with Crippen molar-refractivity contribution in [2.75, 3.05) is 13.1 Å². The predicted octanol–water partition coefficient (Wildman–Crippen LogP) is -0.0120. The highest BCUT2D eigenvalue weighted by Gasteiger charge is 2.24. The normalized spacial score (nSPS) is 14.6. The van der Waals surface area contributed by atoms with Gasteiger partial charge < -0.3 is 0 Å². The zero-order chi connectivity index (χ0) is 12.3. The molecule has 1 aliphatic heterocycles. The van der Waals surface area contributed by atoms with Gasteiger partial charge in [0, 0.05) is 17.2 Å². The van der Waals surface area contributed by atoms with Gasteiger partial charge in [0.05, 0.1) is 19.6 Å². The molecule has 0 unspecified atom stereocenters. The van der Waals surface area contributed by atoms with Crippen molar-refractivity contribution in [3.05, 3.63) is 39.2 Å². The lowest BCUT2D eigenvalue weighted by molar-refractivity contribution is -0.570. The Bertz CT molecular complexity index is 459. The van der Waals surface area contributed by atoms with Crippen LogP contribution in [0.15, 0.2) is 18.3 Å². The molecule has 8 heteroatoms. The lowest BCUT2D eigenvalue weighted by atomic mass is 10.3. The van der Waals surface area contributed by atoms with Crippen molar-refractivity contribution in [2.24, 2.45) is 0 Å². The highest BCUT2D eigenvalue weighted by molar-refractivity contribution is 6.29. The summed E-state index contributed by atoms with van der Waals surface area (Å²) in [4.78, 5) is 14.3. The molecule has 2 heterocycles. The summed E-state index contributed by atoms with van der Waals surface area (Å²) in [5, 5.41) is 13.1. The van der Waals surface area contributed by atoms with Crippen LogP contribution in [-0.2, 0) is 6.54 Å². The van der Waals surface area contributed by atoms with Gasteiger partial charge in [0.2, 0.25) is 5.03 Å². The van der Waals surface area contributed by atoms with Crippen LogP contribution in [0.25, 0.3) is 0 Å². The average Bonchev–Trinajstić information content (AvgIpc) is 2.68. The summed E-state index contributed by atoms with van der Waals surface area (Å²) < 4.78 is 1.84. The second kappa shape index (κ2) is 4.96. The van der Waals surface area contributed by atoms with E-state index in [0.717, 1.165) is 5.56 Å². The highest BCUT2D eigenvalue weighted by atomic mass is 35.5. The smallest absolute Gasteiger partial charge is 0.270 e. The standard InChI is InChI=1S/C9H10ClN5O2/c10-8-2-1-7(5-12-8)6-14-4-3-11-9(14)13-15(16)17/h1-2,5H,3-4,6H2,(H,11,13)/p+1. The summed E-state index contributed by atoms with van der Waals surface area (Å²) in [5.74, 6) is 0.407. The fraction of sp³-hybridized carbons (Fsp3) is 0.333. The quantitative estimate of drug-likeness (QED) is 0.344. The summed E-state index contributed by atoms with van der Waals surface area (Å²) in [6.45, 7) is 1.93. The van der Waals surface area contributed by atoms with Crippen LogP contribution >= 0.6 is 11.6 Å². The summed E-state index contributed by atoms with van der Waals surface area (Å²) in [6.07, 6.45) is 1.66. The van der Waals surface area contributed by atoms with E-state index in [1.54, 1.807) is 12.3 Å². The number of rotatable bonds is 3. The number of aromatic nitrogens is 1. The predicted molar refractivity (Wildman–Crippen MR) is 61.2 cm³/mol. The molecule has 2 N–H and O–H groups in total. The lowest BCUT2D eigenvalue weighted by Gasteiger charge is -2.02. The van der Waals surface area contributed by atoms with Crippen molar-refractivity contribution in [3.8, 4) is 0 Å². The topological polar surface area (TPSA) is 83.1 Å². The molecular weight excluding hydrogens is 246 g/mol. The Morgan fingerprint density at radius 1 is 1.65 bits per heavy atom. The van der Waals surface area contributed by atoms with Gasteiger partial charge in [-0.15, -0.1) is 0 Å². The largest absolute Gasteiger partial charge is 0.408 e. The number of guanidine groups is 1. The average molecular weight is 257 g/mol. The van der Waals surface area contributed by atoms with Gasteiger partial charge in [-0.3, -0.25) is 9.89 Å². The van der Waals surface area contributed by atoms with Crippen molar-refractivity contribution in [3.63, 3.8) is 0 Å². The fourth-order valence-corrected chi connectivity index (χ4v) is 1.72. The minimum atomic E-state index is -0.583. The SMILES string of the molecule is O=[N+]([O-])NC1=[N+](Cc2ccc(Cl)nc2)CCN1. The second-order valence-corrected chi connectivity index (χ2v) is 3.94. The Kier molecular flexibility index (Phi) is 3.38. The zero-order valence-electron chi connectivity index (χ0n) is 8.89. The van der Waals surface area contributed by atoms with Crippen LogP contribution in [-0.4, -0.2) is 33.6 Å². The molecule has 1 aliphatic rings. The maximum absolute atomic E-state index is 10.4. The number of hydrazine groups is 1. The van der Waals surface area contributed by atoms with Crippen molar-refractivity contribution in [2.45, 2.75) is 6.54 Å². The number of nitrogens with one attached hydrogen (secondary N) is 2. The number of halogens is 1. The third-order valence-corrected chi connectivity index (χ3v) is 2.57. The van der Waals surface area contributed by atoms with E-state index in [0.29, 0.717) is 30.7 Å². The van der Waals surface area contributed by atoms with Crippen LogP contribution in [0.5, 0.6) is 0 Å². The molecular formula is C9H11ClN5O2+. The summed E-state index contributed by atoms with van der Waals surface area (Å²) >= 11 is 5.68. The van der Waals surface area contributed by atoms with Gasteiger partial charge in [-0.1, -0.05) is 17.7 Å². The molecule has 0 aromatic carbocycles. The molecule has 17 heavy (non-hydrogen) atoms. The molecule has 90 valence electrons. The molecule has 2 rings (SSSR count). The molecule has 1 aromatic rings. The molecule has 7 nitrogen and oxygen atoms in total. The monoisotopic (exact) mass is 256 g/mol. The molecule has 0 bridgehead atoms. The Labute approximate surface area is 102 Å². The third-order valence-electron chi connectivity index (χ3n) is 2.35. The highest BCUT2D eigenvalue weighted by Crippen LogP contribution is 2.06. The Hall–Kier alpha value is -1.89. The first-order valence-electron chi connectivity index (χ1n) is 5.02. The van der Waals surface area contributed by atoms with E-state index in [2.05, 4.69) is 15.7 Å². The summed E-state index contributed by atoms with van der Waals surface area (Å²) in [7, 11) is 0. The van der Waals surface area contributed by atoms with Crippen LogP contribution in [0.3, 0.4) is 0 Å². The molecule has 0 radical (unpaired) electrons. The number of pyridine rings is 1. The summed E-state index contributed by atoms with van der Waals surface area (Å²) in [6, 6.07) is 3.54. The lowest BCUT2D eigenvalue weighted by Crippen LogP contribution is -2.41. The number of nitro groups is 1. The first-order chi connectivity index (χ1) is 8.15. The van der Waals surface area contributed by atoms with Crippen molar-refractivity contribution in [1.82, 2.24) is 15.7 Å². The maximum Gasteiger partial charge on any atom is 0.408 e. The number of nitrogens with zero attached hydrogens (tertiary/aromatic N) is 3. The maximum atomic E-state index is 10.4. The third kappa shape index (κ3) is 3.04. The van der Waals surface area contributed by atoms with Gasteiger partial charge in [0.25, 0.3) is 0 Å². The van der Waals surface area contributed by atoms with Gasteiger partial charge in [-0.25, -0.2) is 15.1 Å². The van der Waals surface area contributed by atoms with Gasteiger partial charge in [-0.2, -0.15) is 0 Å². The first kappa shape index (κ1) is 11.6. The van der Waals surface area contributed by atoms with Crippen molar-refractivity contribution >= 4 is 17.6 Å².